The Labute approximate surface area is 134 Å². The number of piperidine rings is 1. The van der Waals surface area contributed by atoms with Gasteiger partial charge in [-0.3, -0.25) is 4.79 Å². The molecule has 0 radical (unpaired) electrons. The quantitative estimate of drug-likeness (QED) is 0.898. The van der Waals surface area contributed by atoms with Crippen molar-refractivity contribution in [2.45, 2.75) is 50.0 Å². The second-order valence-electron chi connectivity index (χ2n) is 6.64. The molecule has 3 heterocycles. The van der Waals surface area contributed by atoms with Gasteiger partial charge in [0.1, 0.15) is 5.01 Å². The van der Waals surface area contributed by atoms with Crippen LogP contribution in [0.1, 0.15) is 49.5 Å². The van der Waals surface area contributed by atoms with Crippen LogP contribution in [-0.4, -0.2) is 52.8 Å². The predicted molar refractivity (Wildman–Crippen MR) is 84.1 cm³/mol. The summed E-state index contributed by atoms with van der Waals surface area (Å²) >= 11 is 1.52. The van der Waals surface area contributed by atoms with Gasteiger partial charge in [-0.15, -0.1) is 10.2 Å². The highest BCUT2D eigenvalue weighted by molar-refractivity contribution is 7.15. The van der Waals surface area contributed by atoms with Crippen LogP contribution < -0.4 is 5.32 Å². The van der Waals surface area contributed by atoms with E-state index < -0.39 is 0 Å². The molecule has 0 atom stereocenters. The summed E-state index contributed by atoms with van der Waals surface area (Å²) in [6.45, 7) is 3.82. The van der Waals surface area contributed by atoms with Gasteiger partial charge in [0.05, 0.1) is 12.2 Å². The van der Waals surface area contributed by atoms with E-state index in [2.05, 4.69) is 20.4 Å². The SMILES string of the molecule is O=C(CCN1CCC2(CCO2)CC1)Nc1nnc(C2CC2)s1. The Balaban J connectivity index is 1.19. The maximum absolute atomic E-state index is 12.0. The van der Waals surface area contributed by atoms with Crippen molar-refractivity contribution in [2.75, 3.05) is 31.6 Å². The molecule has 1 saturated carbocycles. The van der Waals surface area contributed by atoms with Crippen molar-refractivity contribution in [3.63, 3.8) is 0 Å². The summed E-state index contributed by atoms with van der Waals surface area (Å²) in [5.74, 6) is 0.635. The zero-order chi connectivity index (χ0) is 15.0. The fraction of sp³-hybridized carbons (Fsp3) is 0.800. The van der Waals surface area contributed by atoms with Gasteiger partial charge in [-0.2, -0.15) is 0 Å². The molecule has 1 aromatic heterocycles. The number of nitrogens with zero attached hydrogens (tertiary/aromatic N) is 3. The lowest BCUT2D eigenvalue weighted by Crippen LogP contribution is -2.52. The van der Waals surface area contributed by atoms with Gasteiger partial charge in [-0.25, -0.2) is 0 Å². The molecular weight excluding hydrogens is 300 g/mol. The minimum absolute atomic E-state index is 0.0404. The molecule has 1 aliphatic carbocycles. The second kappa shape index (κ2) is 5.86. The number of amides is 1. The Hall–Kier alpha value is -1.05. The molecule has 0 bridgehead atoms. The van der Waals surface area contributed by atoms with Crippen LogP contribution in [-0.2, 0) is 9.53 Å². The molecule has 1 amide bonds. The van der Waals surface area contributed by atoms with Gasteiger partial charge in [-0.05, 0) is 32.1 Å². The second-order valence-corrected chi connectivity index (χ2v) is 7.65. The minimum atomic E-state index is 0.0404. The standard InChI is InChI=1S/C15H22N4O2S/c20-12(16-14-18-17-13(22-14)11-1-2-11)3-7-19-8-4-15(5-9-19)6-10-21-15/h11H,1-10H2,(H,16,18,20). The number of rotatable bonds is 5. The number of hydrogen-bond acceptors (Lipinski definition) is 6. The fourth-order valence-electron chi connectivity index (χ4n) is 3.19. The number of carbonyl (C=O) groups excluding carboxylic acids is 1. The van der Waals surface area contributed by atoms with E-state index >= 15 is 0 Å². The highest BCUT2D eigenvalue weighted by Crippen LogP contribution is 2.42. The molecule has 2 saturated heterocycles. The number of likely N-dealkylation sites (tertiary alicyclic amines) is 1. The topological polar surface area (TPSA) is 67.3 Å². The van der Waals surface area contributed by atoms with Gasteiger partial charge in [0.15, 0.2) is 0 Å². The first-order valence-electron chi connectivity index (χ1n) is 8.22. The number of nitrogens with one attached hydrogen (secondary N) is 1. The highest BCUT2D eigenvalue weighted by Gasteiger charge is 2.40. The van der Waals surface area contributed by atoms with Crippen LogP contribution in [0.2, 0.25) is 0 Å². The maximum Gasteiger partial charge on any atom is 0.227 e. The largest absolute Gasteiger partial charge is 0.375 e. The summed E-state index contributed by atoms with van der Waals surface area (Å²) in [4.78, 5) is 14.4. The summed E-state index contributed by atoms with van der Waals surface area (Å²) < 4.78 is 5.72. The molecule has 4 rings (SSSR count). The zero-order valence-electron chi connectivity index (χ0n) is 12.7. The van der Waals surface area contributed by atoms with Gasteiger partial charge < -0.3 is 15.0 Å². The van der Waals surface area contributed by atoms with E-state index in [0.717, 1.165) is 44.1 Å². The van der Waals surface area contributed by atoms with Gasteiger partial charge in [0, 0.05) is 32.0 Å². The lowest BCUT2D eigenvalue weighted by Gasteiger charge is -2.47. The van der Waals surface area contributed by atoms with Crippen molar-refractivity contribution in [2.24, 2.45) is 0 Å². The van der Waals surface area contributed by atoms with Crippen molar-refractivity contribution < 1.29 is 9.53 Å². The summed E-state index contributed by atoms with van der Waals surface area (Å²) in [5, 5.41) is 12.8. The van der Waals surface area contributed by atoms with Gasteiger partial charge in [0.25, 0.3) is 0 Å². The van der Waals surface area contributed by atoms with E-state index in [1.165, 1.54) is 30.6 Å². The highest BCUT2D eigenvalue weighted by atomic mass is 32.1. The number of aromatic nitrogens is 2. The molecule has 0 aromatic carbocycles. The van der Waals surface area contributed by atoms with Crippen molar-refractivity contribution in [3.8, 4) is 0 Å². The number of anilines is 1. The lowest BCUT2D eigenvalue weighted by molar-refractivity contribution is -0.172. The third-order valence-corrected chi connectivity index (χ3v) is 6.00. The zero-order valence-corrected chi connectivity index (χ0v) is 13.5. The van der Waals surface area contributed by atoms with Crippen LogP contribution in [0.3, 0.4) is 0 Å². The third kappa shape index (κ3) is 3.16. The first-order valence-corrected chi connectivity index (χ1v) is 9.04. The molecule has 1 aromatic rings. The van der Waals surface area contributed by atoms with Crippen LogP contribution in [0, 0.1) is 0 Å². The number of ether oxygens (including phenoxy) is 1. The Morgan fingerprint density at radius 1 is 1.32 bits per heavy atom. The van der Waals surface area contributed by atoms with Gasteiger partial charge >= 0.3 is 0 Å². The molecular formula is C15H22N4O2S. The van der Waals surface area contributed by atoms with E-state index in [9.17, 15) is 4.79 Å². The van der Waals surface area contributed by atoms with Crippen LogP contribution in [0.5, 0.6) is 0 Å². The average Bonchev–Trinajstić information content (AvgIpc) is 3.25. The van der Waals surface area contributed by atoms with Crippen LogP contribution >= 0.6 is 11.3 Å². The molecule has 2 aliphatic heterocycles. The molecule has 3 fully saturated rings. The van der Waals surface area contributed by atoms with Gasteiger partial charge in [-0.1, -0.05) is 11.3 Å². The molecule has 22 heavy (non-hydrogen) atoms. The van der Waals surface area contributed by atoms with Crippen molar-refractivity contribution >= 4 is 22.4 Å². The number of hydrogen-bond donors (Lipinski definition) is 1. The predicted octanol–water partition coefficient (Wildman–Crippen LogP) is 2.00. The minimum Gasteiger partial charge on any atom is -0.375 e. The molecule has 120 valence electrons. The van der Waals surface area contributed by atoms with Crippen LogP contribution in [0.25, 0.3) is 0 Å². The molecule has 1 spiro atoms. The smallest absolute Gasteiger partial charge is 0.227 e. The van der Waals surface area contributed by atoms with Gasteiger partial charge in [0.2, 0.25) is 11.0 Å². The lowest BCUT2D eigenvalue weighted by atomic mass is 9.84. The first kappa shape index (κ1) is 14.5. The molecule has 1 N–H and O–H groups in total. The molecule has 0 unspecified atom stereocenters. The van der Waals surface area contributed by atoms with E-state index in [1.54, 1.807) is 0 Å². The first-order chi connectivity index (χ1) is 10.7. The van der Waals surface area contributed by atoms with Crippen molar-refractivity contribution in [1.82, 2.24) is 15.1 Å². The van der Waals surface area contributed by atoms with E-state index in [4.69, 9.17) is 4.74 Å². The Kier molecular flexibility index (Phi) is 3.88. The Morgan fingerprint density at radius 3 is 2.73 bits per heavy atom. The fourth-order valence-corrected chi connectivity index (χ4v) is 4.12. The van der Waals surface area contributed by atoms with E-state index in [1.807, 2.05) is 0 Å². The number of carbonyl (C=O) groups is 1. The van der Waals surface area contributed by atoms with Crippen molar-refractivity contribution in [3.05, 3.63) is 5.01 Å². The molecule has 7 heteroatoms. The molecule has 3 aliphatic rings. The summed E-state index contributed by atoms with van der Waals surface area (Å²) in [7, 11) is 0. The van der Waals surface area contributed by atoms with Crippen LogP contribution in [0.4, 0.5) is 5.13 Å². The third-order valence-electron chi connectivity index (χ3n) is 5.00. The monoisotopic (exact) mass is 322 g/mol. The summed E-state index contributed by atoms with van der Waals surface area (Å²) in [5.41, 5.74) is 0.185. The van der Waals surface area contributed by atoms with Crippen LogP contribution in [0.15, 0.2) is 0 Å². The Morgan fingerprint density at radius 2 is 2.09 bits per heavy atom. The maximum atomic E-state index is 12.0. The van der Waals surface area contributed by atoms with E-state index in [0.29, 0.717) is 17.5 Å². The Bertz CT molecular complexity index is 543. The van der Waals surface area contributed by atoms with E-state index in [-0.39, 0.29) is 11.5 Å². The molecule has 6 nitrogen and oxygen atoms in total. The summed E-state index contributed by atoms with van der Waals surface area (Å²) in [6, 6.07) is 0. The van der Waals surface area contributed by atoms with Crippen molar-refractivity contribution in [1.29, 1.82) is 0 Å². The summed E-state index contributed by atoms with van der Waals surface area (Å²) in [6.07, 6.45) is 6.37. The average molecular weight is 322 g/mol. The normalized spacial score (nSPS) is 24.2.